The van der Waals surface area contributed by atoms with Crippen molar-refractivity contribution in [3.05, 3.63) is 81.8 Å². The van der Waals surface area contributed by atoms with E-state index in [0.29, 0.717) is 5.11 Å². The van der Waals surface area contributed by atoms with Crippen LogP contribution in [0.4, 0.5) is 15.8 Å². The van der Waals surface area contributed by atoms with E-state index in [2.05, 4.69) is 76.9 Å². The number of nitrogens with one attached hydrogen (secondary N) is 2. The van der Waals surface area contributed by atoms with E-state index in [9.17, 15) is 4.39 Å². The number of aryl methyl sites for hydroxylation is 2. The molecule has 0 radical (unpaired) electrons. The Hall–Kier alpha value is -2.48. The van der Waals surface area contributed by atoms with E-state index in [1.54, 1.807) is 11.3 Å². The molecule has 2 N–H and O–H groups in total. The van der Waals surface area contributed by atoms with Gasteiger partial charge in [0.1, 0.15) is 5.82 Å². The Balaban J connectivity index is 1.42. The number of thiophene rings is 1. The molecule has 33 heavy (non-hydrogen) atoms. The van der Waals surface area contributed by atoms with Gasteiger partial charge in [0, 0.05) is 48.5 Å². The third-order valence-corrected chi connectivity index (χ3v) is 7.37. The van der Waals surface area contributed by atoms with Crippen LogP contribution in [0.1, 0.15) is 29.0 Å². The summed E-state index contributed by atoms with van der Waals surface area (Å²) in [5.74, 6) is -0.194. The Bertz CT molecular complexity index is 1060. The zero-order valence-electron chi connectivity index (χ0n) is 19.3. The molecule has 0 aliphatic carbocycles. The maximum absolute atomic E-state index is 13.3. The second-order valence-corrected chi connectivity index (χ2v) is 10.1. The summed E-state index contributed by atoms with van der Waals surface area (Å²) in [6.45, 7) is 10.1. The third kappa shape index (κ3) is 5.91. The van der Waals surface area contributed by atoms with Gasteiger partial charge in [-0.05, 0) is 85.9 Å². The molecule has 0 spiro atoms. The summed E-state index contributed by atoms with van der Waals surface area (Å²) in [7, 11) is 0. The van der Waals surface area contributed by atoms with Gasteiger partial charge in [-0.15, -0.1) is 11.3 Å². The molecule has 1 aliphatic heterocycles. The van der Waals surface area contributed by atoms with Crippen molar-refractivity contribution in [2.45, 2.75) is 32.9 Å². The summed E-state index contributed by atoms with van der Waals surface area (Å²) in [5.41, 5.74) is 4.49. The Morgan fingerprint density at radius 2 is 1.76 bits per heavy atom. The highest BCUT2D eigenvalue weighted by Crippen LogP contribution is 2.30. The zero-order chi connectivity index (χ0) is 23.4. The quantitative estimate of drug-likeness (QED) is 0.438. The number of benzene rings is 2. The number of hydrogen-bond donors (Lipinski definition) is 2. The molecule has 1 aromatic heterocycles. The minimum atomic E-state index is -0.194. The highest BCUT2D eigenvalue weighted by Gasteiger charge is 2.30. The van der Waals surface area contributed by atoms with Gasteiger partial charge in [-0.25, -0.2) is 4.39 Å². The van der Waals surface area contributed by atoms with Crippen molar-refractivity contribution in [1.82, 2.24) is 10.2 Å². The van der Waals surface area contributed by atoms with E-state index in [-0.39, 0.29) is 17.9 Å². The molecular formula is C26H31FN4S2. The fourth-order valence-corrected chi connectivity index (χ4v) is 5.69. The van der Waals surface area contributed by atoms with Gasteiger partial charge < -0.3 is 15.5 Å². The topological polar surface area (TPSA) is 30.5 Å². The van der Waals surface area contributed by atoms with Gasteiger partial charge in [-0.2, -0.15) is 0 Å². The predicted molar refractivity (Wildman–Crippen MR) is 142 cm³/mol. The van der Waals surface area contributed by atoms with Gasteiger partial charge >= 0.3 is 0 Å². The van der Waals surface area contributed by atoms with E-state index in [1.165, 1.54) is 28.1 Å². The molecule has 174 valence electrons. The first kappa shape index (κ1) is 23.7. The second kappa shape index (κ2) is 10.6. The van der Waals surface area contributed by atoms with Crippen molar-refractivity contribution >= 4 is 40.0 Å². The average Bonchev–Trinajstić information content (AvgIpc) is 3.32. The van der Waals surface area contributed by atoms with Gasteiger partial charge in [0.15, 0.2) is 5.11 Å². The lowest BCUT2D eigenvalue weighted by Gasteiger charge is -2.42. The van der Waals surface area contributed by atoms with Gasteiger partial charge in [-0.1, -0.05) is 18.2 Å². The Kier molecular flexibility index (Phi) is 7.63. The maximum Gasteiger partial charge on any atom is 0.171 e. The molecule has 1 saturated heterocycles. The molecule has 3 aromatic rings. The Morgan fingerprint density at radius 3 is 2.42 bits per heavy atom. The second-order valence-electron chi connectivity index (χ2n) is 8.67. The molecule has 2 unspecified atom stereocenters. The van der Waals surface area contributed by atoms with Crippen molar-refractivity contribution in [3.8, 4) is 0 Å². The highest BCUT2D eigenvalue weighted by molar-refractivity contribution is 7.80. The standard InChI is InChI=1S/C26H31FN4S2/c1-18-6-7-19(2)23(17-18)29-26(32)28-20(3)25(24-5-4-16-33-24)31-14-12-30(13-15-31)22-10-8-21(27)9-11-22/h4-11,16-17,20,25H,12-15H2,1-3H3,(H2,28,29,32). The lowest BCUT2D eigenvalue weighted by molar-refractivity contribution is 0.163. The predicted octanol–water partition coefficient (Wildman–Crippen LogP) is 5.74. The molecule has 2 heterocycles. The zero-order valence-corrected chi connectivity index (χ0v) is 21.0. The lowest BCUT2D eigenvalue weighted by Crippen LogP contribution is -2.52. The summed E-state index contributed by atoms with van der Waals surface area (Å²) in [4.78, 5) is 6.19. The van der Waals surface area contributed by atoms with Crippen molar-refractivity contribution in [3.63, 3.8) is 0 Å². The fourth-order valence-electron chi connectivity index (χ4n) is 4.43. The molecular weight excluding hydrogens is 451 g/mol. The maximum atomic E-state index is 13.3. The SMILES string of the molecule is Cc1ccc(C)c(NC(=S)NC(C)C(c2cccs2)N2CCN(c3ccc(F)cc3)CC2)c1. The molecule has 7 heteroatoms. The first-order chi connectivity index (χ1) is 15.9. The minimum Gasteiger partial charge on any atom is -0.369 e. The number of thiocarbonyl (C=S) groups is 1. The van der Waals surface area contributed by atoms with Gasteiger partial charge in [-0.3, -0.25) is 4.90 Å². The van der Waals surface area contributed by atoms with Crippen LogP contribution in [-0.2, 0) is 0 Å². The van der Waals surface area contributed by atoms with Crippen LogP contribution in [-0.4, -0.2) is 42.2 Å². The highest BCUT2D eigenvalue weighted by atomic mass is 32.1. The number of rotatable bonds is 6. The molecule has 2 aromatic carbocycles. The monoisotopic (exact) mass is 482 g/mol. The molecule has 1 aliphatic rings. The van der Waals surface area contributed by atoms with Crippen LogP contribution >= 0.6 is 23.6 Å². The number of nitrogens with zero attached hydrogens (tertiary/aromatic N) is 2. The fraction of sp³-hybridized carbons (Fsp3) is 0.346. The number of piperazine rings is 1. The van der Waals surface area contributed by atoms with Crippen molar-refractivity contribution < 1.29 is 4.39 Å². The van der Waals surface area contributed by atoms with E-state index in [0.717, 1.165) is 37.6 Å². The van der Waals surface area contributed by atoms with E-state index >= 15 is 0 Å². The molecule has 0 saturated carbocycles. The van der Waals surface area contributed by atoms with E-state index in [1.807, 2.05) is 12.1 Å². The van der Waals surface area contributed by atoms with Gasteiger partial charge in [0.05, 0.1) is 6.04 Å². The summed E-state index contributed by atoms with van der Waals surface area (Å²) in [6.07, 6.45) is 0. The van der Waals surface area contributed by atoms with Crippen molar-refractivity contribution in [2.75, 3.05) is 36.4 Å². The lowest BCUT2D eigenvalue weighted by atomic mass is 10.0. The number of anilines is 2. The summed E-state index contributed by atoms with van der Waals surface area (Å²) in [6, 6.07) is 17.8. The molecule has 1 fully saturated rings. The van der Waals surface area contributed by atoms with Crippen LogP contribution in [0.25, 0.3) is 0 Å². The van der Waals surface area contributed by atoms with Crippen LogP contribution in [0.5, 0.6) is 0 Å². The first-order valence-corrected chi connectivity index (χ1v) is 12.6. The van der Waals surface area contributed by atoms with Gasteiger partial charge in [0.2, 0.25) is 0 Å². The van der Waals surface area contributed by atoms with Crippen molar-refractivity contribution in [2.24, 2.45) is 0 Å². The Labute approximate surface area is 205 Å². The number of halogens is 1. The van der Waals surface area contributed by atoms with E-state index in [4.69, 9.17) is 12.2 Å². The minimum absolute atomic E-state index is 0.131. The summed E-state index contributed by atoms with van der Waals surface area (Å²) in [5, 5.41) is 9.70. The number of hydrogen-bond acceptors (Lipinski definition) is 4. The molecule has 4 nitrogen and oxygen atoms in total. The molecule has 0 bridgehead atoms. The van der Waals surface area contributed by atoms with Crippen LogP contribution < -0.4 is 15.5 Å². The first-order valence-electron chi connectivity index (χ1n) is 11.3. The average molecular weight is 483 g/mol. The normalized spacial score (nSPS) is 16.3. The molecule has 2 atom stereocenters. The van der Waals surface area contributed by atoms with E-state index < -0.39 is 0 Å². The Morgan fingerprint density at radius 1 is 1.03 bits per heavy atom. The van der Waals surface area contributed by atoms with Crippen LogP contribution in [0.15, 0.2) is 60.0 Å². The summed E-state index contributed by atoms with van der Waals surface area (Å²) >= 11 is 7.47. The third-order valence-electron chi connectivity index (χ3n) is 6.21. The van der Waals surface area contributed by atoms with Crippen LogP contribution in [0.2, 0.25) is 0 Å². The van der Waals surface area contributed by atoms with Gasteiger partial charge in [0.25, 0.3) is 0 Å². The summed E-state index contributed by atoms with van der Waals surface area (Å²) < 4.78 is 13.3. The van der Waals surface area contributed by atoms with Crippen LogP contribution in [0, 0.1) is 19.7 Å². The van der Waals surface area contributed by atoms with Crippen molar-refractivity contribution in [1.29, 1.82) is 0 Å². The largest absolute Gasteiger partial charge is 0.369 e. The van der Waals surface area contributed by atoms with Crippen LogP contribution in [0.3, 0.4) is 0 Å². The molecule has 0 amide bonds. The smallest absolute Gasteiger partial charge is 0.171 e. The molecule has 4 rings (SSSR count).